The number of nitrogens with one attached hydrogen (secondary N) is 1. The van der Waals surface area contributed by atoms with Gasteiger partial charge in [-0.1, -0.05) is 18.2 Å². The molecule has 1 aromatic carbocycles. The maximum atomic E-state index is 10.8. The normalized spacial score (nSPS) is 17.4. The number of hydrogen-bond acceptors (Lipinski definition) is 3. The molecular weight excluding hydrogens is 192 g/mol. The van der Waals surface area contributed by atoms with Crippen LogP contribution in [0.3, 0.4) is 0 Å². The summed E-state index contributed by atoms with van der Waals surface area (Å²) in [5.74, 6) is 0. The van der Waals surface area contributed by atoms with Gasteiger partial charge in [0, 0.05) is 17.2 Å². The fourth-order valence-electron chi connectivity index (χ4n) is 1.87. The van der Waals surface area contributed by atoms with E-state index in [9.17, 15) is 10.1 Å². The molecule has 0 bridgehead atoms. The van der Waals surface area contributed by atoms with Crippen molar-refractivity contribution in [2.45, 2.75) is 24.8 Å². The lowest BCUT2D eigenvalue weighted by atomic mass is 10.0. The lowest BCUT2D eigenvalue weighted by molar-refractivity contribution is -0.385. The average Bonchev–Trinajstić information content (AvgIpc) is 2.99. The number of para-hydroxylation sites is 1. The van der Waals surface area contributed by atoms with Crippen LogP contribution in [0.25, 0.3) is 0 Å². The van der Waals surface area contributed by atoms with Gasteiger partial charge >= 0.3 is 0 Å². The van der Waals surface area contributed by atoms with Crippen LogP contribution < -0.4 is 5.32 Å². The zero-order valence-electron chi connectivity index (χ0n) is 8.69. The van der Waals surface area contributed by atoms with E-state index in [0.717, 1.165) is 24.8 Å². The number of likely N-dealkylation sites (N-methyl/N-ethyl adjacent to an activating group) is 1. The van der Waals surface area contributed by atoms with Gasteiger partial charge in [0.1, 0.15) is 0 Å². The molecule has 0 spiro atoms. The third-order valence-electron chi connectivity index (χ3n) is 3.10. The zero-order chi connectivity index (χ0) is 10.9. The topological polar surface area (TPSA) is 55.2 Å². The third kappa shape index (κ3) is 1.99. The second-order valence-electron chi connectivity index (χ2n) is 4.09. The fraction of sp³-hybridized carbons (Fsp3) is 0.455. The molecule has 0 heterocycles. The van der Waals surface area contributed by atoms with Gasteiger partial charge in [0.15, 0.2) is 0 Å². The van der Waals surface area contributed by atoms with Gasteiger partial charge in [-0.05, 0) is 26.3 Å². The molecule has 0 saturated heterocycles. The molecule has 0 aliphatic heterocycles. The Kier molecular flexibility index (Phi) is 2.44. The molecule has 1 N–H and O–H groups in total. The van der Waals surface area contributed by atoms with Crippen molar-refractivity contribution in [3.05, 3.63) is 39.9 Å². The molecule has 1 aliphatic carbocycles. The van der Waals surface area contributed by atoms with Crippen molar-refractivity contribution in [2.75, 3.05) is 7.05 Å². The minimum atomic E-state index is -0.304. The minimum absolute atomic E-state index is 0.117. The molecule has 2 rings (SSSR count). The predicted octanol–water partition coefficient (Wildman–Crippen LogP) is 1.89. The van der Waals surface area contributed by atoms with Crippen LogP contribution in [0.1, 0.15) is 18.4 Å². The Morgan fingerprint density at radius 1 is 1.47 bits per heavy atom. The van der Waals surface area contributed by atoms with Gasteiger partial charge in [-0.15, -0.1) is 0 Å². The monoisotopic (exact) mass is 206 g/mol. The summed E-state index contributed by atoms with van der Waals surface area (Å²) in [6.45, 7) is 0. The summed E-state index contributed by atoms with van der Waals surface area (Å²) in [5.41, 5.74) is 1.18. The van der Waals surface area contributed by atoms with Crippen LogP contribution in [0.5, 0.6) is 0 Å². The number of hydrogen-bond donors (Lipinski definition) is 1. The SMILES string of the molecule is CNC1(Cc2ccccc2[N+](=O)[O-])CC1. The number of rotatable bonds is 4. The van der Waals surface area contributed by atoms with E-state index >= 15 is 0 Å². The molecule has 1 aliphatic rings. The van der Waals surface area contributed by atoms with E-state index in [-0.39, 0.29) is 16.1 Å². The van der Waals surface area contributed by atoms with E-state index in [1.807, 2.05) is 19.2 Å². The molecule has 0 amide bonds. The van der Waals surface area contributed by atoms with Crippen molar-refractivity contribution < 1.29 is 4.92 Å². The van der Waals surface area contributed by atoms with Gasteiger partial charge in [0.2, 0.25) is 0 Å². The van der Waals surface area contributed by atoms with Gasteiger partial charge < -0.3 is 5.32 Å². The highest BCUT2D eigenvalue weighted by Crippen LogP contribution is 2.39. The lowest BCUT2D eigenvalue weighted by Gasteiger charge is -2.13. The van der Waals surface area contributed by atoms with Gasteiger partial charge in [0.25, 0.3) is 5.69 Å². The molecule has 0 atom stereocenters. The maximum Gasteiger partial charge on any atom is 0.272 e. The van der Waals surface area contributed by atoms with Gasteiger partial charge in [-0.3, -0.25) is 10.1 Å². The highest BCUT2D eigenvalue weighted by atomic mass is 16.6. The van der Waals surface area contributed by atoms with E-state index in [4.69, 9.17) is 0 Å². The first-order chi connectivity index (χ1) is 7.17. The van der Waals surface area contributed by atoms with Crippen molar-refractivity contribution in [3.63, 3.8) is 0 Å². The van der Waals surface area contributed by atoms with E-state index in [1.54, 1.807) is 12.1 Å². The van der Waals surface area contributed by atoms with E-state index in [0.29, 0.717) is 0 Å². The quantitative estimate of drug-likeness (QED) is 0.604. The van der Waals surface area contributed by atoms with Crippen LogP contribution in [-0.4, -0.2) is 17.5 Å². The van der Waals surface area contributed by atoms with E-state index in [2.05, 4.69) is 5.32 Å². The van der Waals surface area contributed by atoms with Crippen LogP contribution in [0.15, 0.2) is 24.3 Å². The molecule has 1 aromatic rings. The smallest absolute Gasteiger partial charge is 0.272 e. The summed E-state index contributed by atoms with van der Waals surface area (Å²) < 4.78 is 0. The molecule has 15 heavy (non-hydrogen) atoms. The minimum Gasteiger partial charge on any atom is -0.314 e. The average molecular weight is 206 g/mol. The first kappa shape index (κ1) is 10.1. The molecule has 1 fully saturated rings. The van der Waals surface area contributed by atoms with E-state index < -0.39 is 0 Å². The van der Waals surface area contributed by atoms with Crippen molar-refractivity contribution in [2.24, 2.45) is 0 Å². The van der Waals surface area contributed by atoms with Gasteiger partial charge in [-0.2, -0.15) is 0 Å². The molecule has 4 nitrogen and oxygen atoms in total. The van der Waals surface area contributed by atoms with Crippen LogP contribution in [-0.2, 0) is 6.42 Å². The molecule has 1 saturated carbocycles. The third-order valence-corrected chi connectivity index (χ3v) is 3.10. The maximum absolute atomic E-state index is 10.8. The first-order valence-corrected chi connectivity index (χ1v) is 5.08. The molecular formula is C11H14N2O2. The van der Waals surface area contributed by atoms with Gasteiger partial charge in [0.05, 0.1) is 4.92 Å². The van der Waals surface area contributed by atoms with Crippen LogP contribution in [0, 0.1) is 10.1 Å². The molecule has 0 aromatic heterocycles. The summed E-state index contributed by atoms with van der Waals surface area (Å²) in [7, 11) is 1.92. The number of nitrogens with zero attached hydrogens (tertiary/aromatic N) is 1. The summed E-state index contributed by atoms with van der Waals surface area (Å²) in [6, 6.07) is 6.98. The summed E-state index contributed by atoms with van der Waals surface area (Å²) in [5, 5.41) is 14.0. The largest absolute Gasteiger partial charge is 0.314 e. The predicted molar refractivity (Wildman–Crippen MR) is 57.8 cm³/mol. The molecule has 80 valence electrons. The number of benzene rings is 1. The Balaban J connectivity index is 2.24. The van der Waals surface area contributed by atoms with Crippen molar-refractivity contribution in [3.8, 4) is 0 Å². The second kappa shape index (κ2) is 3.62. The Hall–Kier alpha value is -1.42. The lowest BCUT2D eigenvalue weighted by Crippen LogP contribution is -2.29. The number of nitro groups is 1. The molecule has 4 heteroatoms. The fourth-order valence-corrected chi connectivity index (χ4v) is 1.87. The Bertz CT molecular complexity index is 386. The van der Waals surface area contributed by atoms with Gasteiger partial charge in [-0.25, -0.2) is 0 Å². The van der Waals surface area contributed by atoms with Crippen LogP contribution in [0.4, 0.5) is 5.69 Å². The number of nitro benzene ring substituents is 1. The highest BCUT2D eigenvalue weighted by Gasteiger charge is 2.42. The Labute approximate surface area is 88.5 Å². The summed E-state index contributed by atoms with van der Waals surface area (Å²) in [4.78, 5) is 10.5. The standard InChI is InChI=1S/C11H14N2O2/c1-12-11(6-7-11)8-9-4-2-3-5-10(9)13(14)15/h2-5,12H,6-8H2,1H3. The van der Waals surface area contributed by atoms with Crippen molar-refractivity contribution in [1.82, 2.24) is 5.32 Å². The Morgan fingerprint density at radius 3 is 2.67 bits per heavy atom. The molecule has 0 unspecified atom stereocenters. The van der Waals surface area contributed by atoms with E-state index in [1.165, 1.54) is 0 Å². The van der Waals surface area contributed by atoms with Crippen molar-refractivity contribution >= 4 is 5.69 Å². The Morgan fingerprint density at radius 2 is 2.13 bits per heavy atom. The second-order valence-corrected chi connectivity index (χ2v) is 4.09. The zero-order valence-corrected chi connectivity index (χ0v) is 8.69. The van der Waals surface area contributed by atoms with Crippen LogP contribution in [0.2, 0.25) is 0 Å². The van der Waals surface area contributed by atoms with Crippen molar-refractivity contribution in [1.29, 1.82) is 0 Å². The first-order valence-electron chi connectivity index (χ1n) is 5.08. The summed E-state index contributed by atoms with van der Waals surface area (Å²) in [6.07, 6.45) is 2.96. The summed E-state index contributed by atoms with van der Waals surface area (Å²) >= 11 is 0. The van der Waals surface area contributed by atoms with Crippen LogP contribution >= 0.6 is 0 Å². The molecule has 0 radical (unpaired) electrons. The highest BCUT2D eigenvalue weighted by molar-refractivity contribution is 5.41.